The minimum atomic E-state index is -0.132. The van der Waals surface area contributed by atoms with Crippen molar-refractivity contribution in [2.45, 2.75) is 51.6 Å². The Kier molecular flexibility index (Phi) is 14.2. The van der Waals surface area contributed by atoms with Gasteiger partial charge >= 0.3 is 6.03 Å². The smallest absolute Gasteiger partial charge is 0.314 e. The summed E-state index contributed by atoms with van der Waals surface area (Å²) in [6, 6.07) is 16.1. The van der Waals surface area contributed by atoms with E-state index in [1.54, 1.807) is 26.6 Å². The zero-order chi connectivity index (χ0) is 28.3. The molecule has 0 aliphatic rings. The van der Waals surface area contributed by atoms with Crippen LogP contribution in [0.4, 0.5) is 16.2 Å². The van der Waals surface area contributed by atoms with Crippen LogP contribution in [0.15, 0.2) is 60.9 Å². The summed E-state index contributed by atoms with van der Waals surface area (Å²) in [4.78, 5) is 21.3. The number of benzene rings is 2. The lowest BCUT2D eigenvalue weighted by molar-refractivity contribution is 0.240. The van der Waals surface area contributed by atoms with E-state index >= 15 is 0 Å². The Bertz CT molecular complexity index is 1320. The van der Waals surface area contributed by atoms with Crippen molar-refractivity contribution in [1.82, 2.24) is 20.6 Å². The molecule has 228 valence electrons. The zero-order valence-corrected chi connectivity index (χ0v) is 26.2. The molecule has 0 saturated heterocycles. The van der Waals surface area contributed by atoms with Crippen LogP contribution in [-0.2, 0) is 0 Å². The molecule has 2 heterocycles. The predicted molar refractivity (Wildman–Crippen MR) is 177 cm³/mol. The number of urea groups is 1. The Labute approximate surface area is 260 Å². The number of nitrogens with one attached hydrogen (secondary N) is 4. The lowest BCUT2D eigenvalue weighted by Crippen LogP contribution is -2.37. The normalized spacial score (nSPS) is 11.9. The largest absolute Gasteiger partial charge is 0.497 e. The minimum absolute atomic E-state index is 0. The highest BCUT2D eigenvalue weighted by Gasteiger charge is 2.11. The van der Waals surface area contributed by atoms with Gasteiger partial charge in [0, 0.05) is 60.5 Å². The van der Waals surface area contributed by atoms with Gasteiger partial charge in [-0.1, -0.05) is 12.1 Å². The van der Waals surface area contributed by atoms with E-state index in [-0.39, 0.29) is 42.9 Å². The number of pyridine rings is 2. The van der Waals surface area contributed by atoms with E-state index in [1.807, 2.05) is 48.5 Å². The maximum atomic E-state index is 12.3. The number of halogens is 2. The van der Waals surface area contributed by atoms with Gasteiger partial charge in [-0.3, -0.25) is 9.97 Å². The lowest BCUT2D eigenvalue weighted by Gasteiger charge is -2.18. The van der Waals surface area contributed by atoms with Gasteiger partial charge in [-0.15, -0.1) is 24.8 Å². The van der Waals surface area contributed by atoms with Crippen LogP contribution < -0.4 is 30.7 Å². The summed E-state index contributed by atoms with van der Waals surface area (Å²) < 4.78 is 10.9. The standard InChI is InChI=1S/C31H40N6O3.2ClH/c1-21(36-27-19-25(39-3)17-23-11-7-13-32-29(23)27)9-5-15-34-31(38)35-16-6-10-22(2)37-28-20-26(40-4)18-24-12-8-14-33-30(24)28;;/h7-8,11-14,17-22,36-37H,5-6,9-10,15-16H2,1-4H3,(H2,34,35,38);2*1H. The second-order valence-electron chi connectivity index (χ2n) is 10.1. The summed E-state index contributed by atoms with van der Waals surface area (Å²) in [5, 5.41) is 15.1. The molecule has 2 aromatic carbocycles. The summed E-state index contributed by atoms with van der Waals surface area (Å²) in [5.74, 6) is 1.59. The van der Waals surface area contributed by atoms with Crippen LogP contribution in [0.25, 0.3) is 21.8 Å². The van der Waals surface area contributed by atoms with Crippen LogP contribution in [0.3, 0.4) is 0 Å². The van der Waals surface area contributed by atoms with E-state index in [1.165, 1.54) is 0 Å². The van der Waals surface area contributed by atoms with E-state index in [9.17, 15) is 4.79 Å². The number of hydrogen-bond acceptors (Lipinski definition) is 7. The second-order valence-corrected chi connectivity index (χ2v) is 10.1. The van der Waals surface area contributed by atoms with Crippen molar-refractivity contribution in [3.63, 3.8) is 0 Å². The first-order valence-electron chi connectivity index (χ1n) is 13.9. The number of methoxy groups -OCH3 is 2. The summed E-state index contributed by atoms with van der Waals surface area (Å²) in [5.41, 5.74) is 3.75. The van der Waals surface area contributed by atoms with Crippen molar-refractivity contribution < 1.29 is 14.3 Å². The molecule has 0 aliphatic heterocycles. The molecule has 2 aromatic heterocycles. The Morgan fingerprint density at radius 1 is 0.738 bits per heavy atom. The summed E-state index contributed by atoms with van der Waals surface area (Å²) >= 11 is 0. The van der Waals surface area contributed by atoms with Crippen molar-refractivity contribution in [1.29, 1.82) is 0 Å². The summed E-state index contributed by atoms with van der Waals surface area (Å²) in [7, 11) is 3.33. The monoisotopic (exact) mass is 616 g/mol. The number of fused-ring (bicyclic) bond motifs is 2. The van der Waals surface area contributed by atoms with Crippen molar-refractivity contribution in [3.8, 4) is 11.5 Å². The van der Waals surface area contributed by atoms with Gasteiger partial charge in [-0.05, 0) is 63.8 Å². The number of amides is 2. The highest BCUT2D eigenvalue weighted by atomic mass is 35.5. The van der Waals surface area contributed by atoms with Crippen LogP contribution >= 0.6 is 24.8 Å². The highest BCUT2D eigenvalue weighted by Crippen LogP contribution is 2.29. The van der Waals surface area contributed by atoms with E-state index in [0.717, 1.165) is 70.4 Å². The first-order valence-corrected chi connectivity index (χ1v) is 13.9. The number of carbonyl (C=O) groups is 1. The molecule has 0 saturated carbocycles. The first-order chi connectivity index (χ1) is 19.5. The Morgan fingerprint density at radius 2 is 1.17 bits per heavy atom. The molecule has 4 rings (SSSR count). The molecule has 4 N–H and O–H groups in total. The topological polar surface area (TPSA) is 109 Å². The van der Waals surface area contributed by atoms with Gasteiger partial charge in [-0.2, -0.15) is 0 Å². The molecule has 9 nitrogen and oxygen atoms in total. The second kappa shape index (κ2) is 17.3. The quantitative estimate of drug-likeness (QED) is 0.115. The maximum Gasteiger partial charge on any atom is 0.314 e. The first kappa shape index (κ1) is 34.5. The maximum absolute atomic E-state index is 12.3. The molecule has 0 bridgehead atoms. The molecule has 0 radical (unpaired) electrons. The molecule has 2 amide bonds. The molecule has 0 spiro atoms. The third-order valence-corrected chi connectivity index (χ3v) is 6.83. The van der Waals surface area contributed by atoms with Crippen molar-refractivity contribution in [2.75, 3.05) is 37.9 Å². The number of nitrogens with zero attached hydrogens (tertiary/aromatic N) is 2. The van der Waals surface area contributed by atoms with Gasteiger partial charge in [0.2, 0.25) is 0 Å². The third kappa shape index (κ3) is 9.70. The van der Waals surface area contributed by atoms with Crippen LogP contribution in [0, 0.1) is 0 Å². The number of aromatic nitrogens is 2. The van der Waals surface area contributed by atoms with E-state index in [2.05, 4.69) is 45.1 Å². The van der Waals surface area contributed by atoms with Crippen molar-refractivity contribution in [3.05, 3.63) is 60.9 Å². The van der Waals surface area contributed by atoms with Crippen LogP contribution in [-0.4, -0.2) is 55.4 Å². The number of carbonyl (C=O) groups excluding carboxylic acids is 1. The van der Waals surface area contributed by atoms with Gasteiger partial charge in [0.05, 0.1) is 36.6 Å². The Balaban J connectivity index is 0.00000308. The van der Waals surface area contributed by atoms with Gasteiger partial charge in [0.15, 0.2) is 0 Å². The molecule has 2 unspecified atom stereocenters. The molecule has 42 heavy (non-hydrogen) atoms. The van der Waals surface area contributed by atoms with E-state index in [0.29, 0.717) is 13.1 Å². The van der Waals surface area contributed by atoms with Crippen molar-refractivity contribution in [2.24, 2.45) is 0 Å². The fourth-order valence-electron chi connectivity index (χ4n) is 4.74. The predicted octanol–water partition coefficient (Wildman–Crippen LogP) is 6.80. The molecule has 11 heteroatoms. The average molecular weight is 618 g/mol. The van der Waals surface area contributed by atoms with Gasteiger partial charge < -0.3 is 30.7 Å². The fourth-order valence-corrected chi connectivity index (χ4v) is 4.74. The van der Waals surface area contributed by atoms with Crippen molar-refractivity contribution >= 4 is 64.0 Å². The molecule has 0 aliphatic carbocycles. The highest BCUT2D eigenvalue weighted by molar-refractivity contribution is 5.92. The third-order valence-electron chi connectivity index (χ3n) is 6.83. The van der Waals surface area contributed by atoms with Crippen LogP contribution in [0.1, 0.15) is 39.5 Å². The number of hydrogen-bond donors (Lipinski definition) is 4. The van der Waals surface area contributed by atoms with Gasteiger partial charge in [0.1, 0.15) is 11.5 Å². The van der Waals surface area contributed by atoms with Crippen LogP contribution in [0.5, 0.6) is 11.5 Å². The molecular formula is C31H42Cl2N6O3. The van der Waals surface area contributed by atoms with Crippen LogP contribution in [0.2, 0.25) is 0 Å². The van der Waals surface area contributed by atoms with E-state index < -0.39 is 0 Å². The number of ether oxygens (including phenoxy) is 2. The number of anilines is 2. The lowest BCUT2D eigenvalue weighted by atomic mass is 10.1. The Hall–Kier alpha value is -3.69. The molecule has 2 atom stereocenters. The molecule has 0 fully saturated rings. The summed E-state index contributed by atoms with van der Waals surface area (Å²) in [6.07, 6.45) is 7.13. The van der Waals surface area contributed by atoms with Gasteiger partial charge in [-0.25, -0.2) is 4.79 Å². The number of rotatable bonds is 14. The summed E-state index contributed by atoms with van der Waals surface area (Å²) in [6.45, 7) is 5.49. The van der Waals surface area contributed by atoms with E-state index in [4.69, 9.17) is 9.47 Å². The molecular weight excluding hydrogens is 575 g/mol. The molecule has 4 aromatic rings. The Morgan fingerprint density at radius 3 is 1.57 bits per heavy atom. The fraction of sp³-hybridized carbons (Fsp3) is 0.387. The SMILES string of the molecule is COc1cc(NC(C)CCCNC(=O)NCCCC(C)Nc2cc(OC)cc3cccnc23)c2ncccc2c1.Cl.Cl. The average Bonchev–Trinajstić information content (AvgIpc) is 2.97. The minimum Gasteiger partial charge on any atom is -0.497 e. The zero-order valence-electron chi connectivity index (χ0n) is 24.6. The van der Waals surface area contributed by atoms with Gasteiger partial charge in [0.25, 0.3) is 0 Å².